The number of benzene rings is 9. The number of nitriles is 1. The fourth-order valence-corrected chi connectivity index (χ4v) is 9.74. The summed E-state index contributed by atoms with van der Waals surface area (Å²) >= 11 is 1.79. The lowest BCUT2D eigenvalue weighted by Gasteiger charge is -2.34. The molecule has 6 heteroatoms. The van der Waals surface area contributed by atoms with Gasteiger partial charge in [0.05, 0.1) is 57.7 Å². The molecule has 5 nitrogen and oxygen atoms in total. The van der Waals surface area contributed by atoms with Gasteiger partial charge in [-0.25, -0.2) is 4.85 Å². The zero-order chi connectivity index (χ0) is 41.6. The molecule has 0 bridgehead atoms. The predicted octanol–water partition coefficient (Wildman–Crippen LogP) is 15.9. The minimum absolute atomic E-state index is 0.567. The number of para-hydroxylation sites is 2. The standard InChI is InChI=1S/C56H35N5S/c1-58-43-24-28-45(29-25-43)59(44-26-20-38(37-57)21-27-44)46-34-47(36-48(35-46)61-53-16-8-10-18-55(53)62-56-19-11-9-17-54(56)61)60-51-30-22-41(39-12-4-2-5-13-39)32-49(51)50-33-42(23-31-52(50)60)40-14-6-3-7-15-40/h2-36H. The van der Waals surface area contributed by atoms with E-state index in [4.69, 9.17) is 6.57 Å². The number of nitrogens with zero attached hydrogens (tertiary/aromatic N) is 5. The first-order chi connectivity index (χ1) is 30.6. The molecule has 0 saturated heterocycles. The van der Waals surface area contributed by atoms with Crippen LogP contribution >= 0.6 is 11.8 Å². The minimum Gasteiger partial charge on any atom is -0.310 e. The van der Waals surface area contributed by atoms with Crippen LogP contribution in [0.3, 0.4) is 0 Å². The molecular formula is C56H35N5S. The van der Waals surface area contributed by atoms with Gasteiger partial charge in [-0.1, -0.05) is 121 Å². The van der Waals surface area contributed by atoms with E-state index in [-0.39, 0.29) is 0 Å². The summed E-state index contributed by atoms with van der Waals surface area (Å²) in [5, 5.41) is 12.1. The molecule has 9 aromatic carbocycles. The topological polar surface area (TPSA) is 39.6 Å². The number of hydrogen-bond acceptors (Lipinski definition) is 4. The molecule has 0 spiro atoms. The number of rotatable bonds is 7. The molecule has 0 aliphatic carbocycles. The lowest BCUT2D eigenvalue weighted by Crippen LogP contribution is -2.17. The predicted molar refractivity (Wildman–Crippen MR) is 256 cm³/mol. The van der Waals surface area contributed by atoms with Crippen LogP contribution in [0.15, 0.2) is 222 Å². The Labute approximate surface area is 364 Å². The number of aromatic nitrogens is 1. The van der Waals surface area contributed by atoms with E-state index in [1.165, 1.54) is 20.9 Å². The van der Waals surface area contributed by atoms with Crippen molar-refractivity contribution in [2.75, 3.05) is 9.80 Å². The Morgan fingerprint density at radius 2 is 0.968 bits per heavy atom. The number of hydrogen-bond donors (Lipinski definition) is 0. The second kappa shape index (κ2) is 15.4. The Bertz CT molecular complexity index is 3200. The number of anilines is 6. The lowest BCUT2D eigenvalue weighted by atomic mass is 10.0. The highest BCUT2D eigenvalue weighted by atomic mass is 32.2. The highest BCUT2D eigenvalue weighted by molar-refractivity contribution is 7.99. The van der Waals surface area contributed by atoms with Crippen LogP contribution in [0.4, 0.5) is 39.8 Å². The molecular weight excluding hydrogens is 775 g/mol. The fraction of sp³-hybridized carbons (Fsp3) is 0. The van der Waals surface area contributed by atoms with E-state index in [0.717, 1.165) is 72.7 Å². The van der Waals surface area contributed by atoms with E-state index in [1.807, 2.05) is 48.5 Å². The van der Waals surface area contributed by atoms with Gasteiger partial charge in [-0.15, -0.1) is 0 Å². The molecule has 0 unspecified atom stereocenters. The zero-order valence-corrected chi connectivity index (χ0v) is 34.2. The Hall–Kier alpha value is -8.29. The van der Waals surface area contributed by atoms with Crippen molar-refractivity contribution < 1.29 is 0 Å². The molecule has 2 heterocycles. The van der Waals surface area contributed by atoms with Crippen LogP contribution in [0.1, 0.15) is 5.56 Å². The summed E-state index contributed by atoms with van der Waals surface area (Å²) in [6, 6.07) is 76.5. The summed E-state index contributed by atoms with van der Waals surface area (Å²) < 4.78 is 2.40. The molecule has 0 amide bonds. The van der Waals surface area contributed by atoms with E-state index in [0.29, 0.717) is 11.3 Å². The maximum atomic E-state index is 9.78. The molecule has 11 rings (SSSR count). The van der Waals surface area contributed by atoms with Crippen molar-refractivity contribution in [1.82, 2.24) is 4.57 Å². The molecule has 0 atom stereocenters. The molecule has 290 valence electrons. The third-order valence-corrected chi connectivity index (χ3v) is 12.7. The summed E-state index contributed by atoms with van der Waals surface area (Å²) in [6.45, 7) is 7.69. The minimum atomic E-state index is 0.567. The number of fused-ring (bicyclic) bond motifs is 5. The van der Waals surface area contributed by atoms with E-state index in [9.17, 15) is 5.26 Å². The fourth-order valence-electron chi connectivity index (χ4n) is 8.68. The monoisotopic (exact) mass is 809 g/mol. The molecule has 1 aliphatic rings. The van der Waals surface area contributed by atoms with Crippen molar-refractivity contribution >= 4 is 73.4 Å². The van der Waals surface area contributed by atoms with Crippen LogP contribution in [-0.2, 0) is 0 Å². The second-order valence-electron chi connectivity index (χ2n) is 15.2. The van der Waals surface area contributed by atoms with E-state index < -0.39 is 0 Å². The first kappa shape index (κ1) is 36.8. The molecule has 10 aromatic rings. The maximum absolute atomic E-state index is 9.78. The van der Waals surface area contributed by atoms with E-state index in [1.54, 1.807) is 11.8 Å². The normalized spacial score (nSPS) is 11.7. The average molecular weight is 810 g/mol. The van der Waals surface area contributed by atoms with Crippen LogP contribution in [0.5, 0.6) is 0 Å². The smallest absolute Gasteiger partial charge is 0.187 e. The maximum Gasteiger partial charge on any atom is 0.187 e. The molecule has 0 radical (unpaired) electrons. The highest BCUT2D eigenvalue weighted by Gasteiger charge is 2.27. The van der Waals surface area contributed by atoms with Crippen molar-refractivity contribution in [3.8, 4) is 34.0 Å². The van der Waals surface area contributed by atoms with Crippen LogP contribution in [0.25, 0.3) is 54.6 Å². The van der Waals surface area contributed by atoms with Gasteiger partial charge in [0, 0.05) is 31.9 Å². The molecule has 0 N–H and O–H groups in total. The molecule has 1 aromatic heterocycles. The Kier molecular flexibility index (Phi) is 9.12. The molecule has 0 saturated carbocycles. The largest absolute Gasteiger partial charge is 0.310 e. The lowest BCUT2D eigenvalue weighted by molar-refractivity contribution is 1.13. The summed E-state index contributed by atoms with van der Waals surface area (Å²) in [4.78, 5) is 10.6. The van der Waals surface area contributed by atoms with Gasteiger partial charge in [0.2, 0.25) is 0 Å². The van der Waals surface area contributed by atoms with Crippen molar-refractivity contribution in [2.24, 2.45) is 0 Å². The van der Waals surface area contributed by atoms with E-state index in [2.05, 4.69) is 189 Å². The van der Waals surface area contributed by atoms with Crippen LogP contribution < -0.4 is 9.80 Å². The Morgan fingerprint density at radius 3 is 1.50 bits per heavy atom. The molecule has 1 aliphatic heterocycles. The van der Waals surface area contributed by atoms with Gasteiger partial charge in [0.1, 0.15) is 0 Å². The first-order valence-corrected chi connectivity index (χ1v) is 21.2. The zero-order valence-electron chi connectivity index (χ0n) is 33.4. The molecule has 62 heavy (non-hydrogen) atoms. The third kappa shape index (κ3) is 6.44. The van der Waals surface area contributed by atoms with Crippen molar-refractivity contribution in [3.63, 3.8) is 0 Å². The van der Waals surface area contributed by atoms with Crippen LogP contribution in [0, 0.1) is 17.9 Å². The van der Waals surface area contributed by atoms with Crippen molar-refractivity contribution in [2.45, 2.75) is 9.79 Å². The van der Waals surface area contributed by atoms with Gasteiger partial charge in [-0.3, -0.25) is 0 Å². The summed E-state index contributed by atoms with van der Waals surface area (Å²) in [5.74, 6) is 0. The summed E-state index contributed by atoms with van der Waals surface area (Å²) in [5.41, 5.74) is 14.9. The SMILES string of the molecule is [C-]#[N+]c1ccc(N(c2ccc(C#N)cc2)c2cc(N3c4ccccc4Sc4ccccc43)cc(-n3c4ccc(-c5ccccc5)cc4c4cc(-c5ccccc5)ccc43)c2)cc1. The van der Waals surface area contributed by atoms with Gasteiger partial charge in [0.25, 0.3) is 0 Å². The van der Waals surface area contributed by atoms with Gasteiger partial charge in [-0.05, 0) is 125 Å². The molecule has 0 fully saturated rings. The van der Waals surface area contributed by atoms with Gasteiger partial charge >= 0.3 is 0 Å². The van der Waals surface area contributed by atoms with Gasteiger partial charge in [0.15, 0.2) is 5.69 Å². The second-order valence-corrected chi connectivity index (χ2v) is 16.3. The summed E-state index contributed by atoms with van der Waals surface area (Å²) in [7, 11) is 0. The Balaban J connectivity index is 1.22. The Morgan fingerprint density at radius 1 is 0.468 bits per heavy atom. The van der Waals surface area contributed by atoms with Crippen molar-refractivity contribution in [1.29, 1.82) is 5.26 Å². The van der Waals surface area contributed by atoms with E-state index >= 15 is 0 Å². The first-order valence-electron chi connectivity index (χ1n) is 20.4. The van der Waals surface area contributed by atoms with Gasteiger partial charge in [-0.2, -0.15) is 5.26 Å². The van der Waals surface area contributed by atoms with Crippen LogP contribution in [0.2, 0.25) is 0 Å². The average Bonchev–Trinajstić information content (AvgIpc) is 3.67. The quantitative estimate of drug-likeness (QED) is 0.150. The van der Waals surface area contributed by atoms with Crippen LogP contribution in [-0.4, -0.2) is 4.57 Å². The third-order valence-electron chi connectivity index (χ3n) is 11.6. The summed E-state index contributed by atoms with van der Waals surface area (Å²) in [6.07, 6.45) is 0. The van der Waals surface area contributed by atoms with Gasteiger partial charge < -0.3 is 14.4 Å². The highest BCUT2D eigenvalue weighted by Crippen LogP contribution is 2.53. The van der Waals surface area contributed by atoms with Crippen molar-refractivity contribution in [3.05, 3.63) is 229 Å².